The van der Waals surface area contributed by atoms with Crippen LogP contribution >= 0.6 is 34.8 Å². The third kappa shape index (κ3) is 6.25. The van der Waals surface area contributed by atoms with Gasteiger partial charge in [-0.15, -0.1) is 0 Å². The molecule has 0 saturated heterocycles. The van der Waals surface area contributed by atoms with Gasteiger partial charge in [0.25, 0.3) is 3.79 Å². The quantitative estimate of drug-likeness (QED) is 0.223. The van der Waals surface area contributed by atoms with Gasteiger partial charge in [-0.05, 0) is 0 Å². The maximum absolute atomic E-state index is 7.72. The summed E-state index contributed by atoms with van der Waals surface area (Å²) in [4.78, 5) is 2.49. The first-order chi connectivity index (χ1) is 3.06. The zero-order valence-corrected chi connectivity index (χ0v) is 5.37. The minimum Gasteiger partial charge on any atom is -0.362 e. The smallest absolute Gasteiger partial charge is 0.308 e. The van der Waals surface area contributed by atoms with Gasteiger partial charge >= 0.3 is 6.21 Å². The lowest BCUT2D eigenvalue weighted by Gasteiger charge is -1.90. The maximum Gasteiger partial charge on any atom is 0.308 e. The van der Waals surface area contributed by atoms with Crippen molar-refractivity contribution in [3.63, 3.8) is 0 Å². The van der Waals surface area contributed by atoms with E-state index < -0.39 is 3.79 Å². The lowest BCUT2D eigenvalue weighted by molar-refractivity contribution is 0.00180. The Morgan fingerprint density at radius 2 is 1.86 bits per heavy atom. The van der Waals surface area contributed by atoms with E-state index in [4.69, 9.17) is 40.3 Å². The molecule has 0 aliphatic carbocycles. The van der Waals surface area contributed by atoms with Crippen LogP contribution in [0.4, 0.5) is 0 Å². The Morgan fingerprint density at radius 3 is 1.86 bits per heavy atom. The van der Waals surface area contributed by atoms with Crippen molar-refractivity contribution in [2.24, 2.45) is 0 Å². The van der Waals surface area contributed by atoms with Crippen molar-refractivity contribution in [2.45, 2.75) is 3.79 Å². The normalized spacial score (nSPS) is 10.1. The van der Waals surface area contributed by atoms with Crippen LogP contribution in [0.1, 0.15) is 0 Å². The van der Waals surface area contributed by atoms with Gasteiger partial charge in [0.1, 0.15) is 0 Å². The van der Waals surface area contributed by atoms with Crippen LogP contribution in [0, 0.1) is 0 Å². The summed E-state index contributed by atoms with van der Waals surface area (Å²) in [6.45, 7) is 0. The molecular weight excluding hydrogens is 158 g/mol. The SMILES string of the molecule is [N-]=[N+]=CC(Cl)(Cl)Cl. The van der Waals surface area contributed by atoms with Gasteiger partial charge in [-0.2, -0.15) is 4.79 Å². The Labute approximate surface area is 55.6 Å². The predicted octanol–water partition coefficient (Wildman–Crippen LogP) is 1.66. The fraction of sp³-hybridized carbons (Fsp3) is 0.500. The standard InChI is InChI=1S/C2HCl3N2/c3-2(4,5)1-7-6/h1H. The van der Waals surface area contributed by atoms with Crippen molar-refractivity contribution in [1.82, 2.24) is 0 Å². The van der Waals surface area contributed by atoms with Crippen LogP contribution < -0.4 is 0 Å². The van der Waals surface area contributed by atoms with Crippen molar-refractivity contribution >= 4 is 41.0 Å². The van der Waals surface area contributed by atoms with Gasteiger partial charge in [0, 0.05) is 0 Å². The average molecular weight is 159 g/mol. The van der Waals surface area contributed by atoms with Gasteiger partial charge in [0.05, 0.1) is 0 Å². The van der Waals surface area contributed by atoms with Gasteiger partial charge in [0.2, 0.25) is 0 Å². The summed E-state index contributed by atoms with van der Waals surface area (Å²) in [6.07, 6.45) is 0.789. The molecule has 0 aliphatic rings. The van der Waals surface area contributed by atoms with Gasteiger partial charge in [0.15, 0.2) is 0 Å². The van der Waals surface area contributed by atoms with Crippen LogP contribution in [-0.4, -0.2) is 14.8 Å². The molecule has 0 aliphatic heterocycles. The maximum atomic E-state index is 7.72. The second-order valence-corrected chi connectivity index (χ2v) is 3.16. The number of halogens is 3. The molecule has 0 unspecified atom stereocenters. The third-order valence-corrected chi connectivity index (χ3v) is 0.497. The summed E-state index contributed by atoms with van der Waals surface area (Å²) >= 11 is 15.2. The van der Waals surface area contributed by atoms with E-state index in [0.717, 1.165) is 6.21 Å². The van der Waals surface area contributed by atoms with E-state index in [1.807, 2.05) is 0 Å². The van der Waals surface area contributed by atoms with Crippen LogP contribution in [0.3, 0.4) is 0 Å². The van der Waals surface area contributed by atoms with Gasteiger partial charge in [-0.1, -0.05) is 34.8 Å². The highest BCUT2D eigenvalue weighted by molar-refractivity contribution is 6.74. The third-order valence-electron chi connectivity index (χ3n) is 0.204. The Balaban J connectivity index is 3.80. The molecule has 0 fully saturated rings. The average Bonchev–Trinajstić information content (AvgIpc) is 1.30. The lowest BCUT2D eigenvalue weighted by atomic mass is 10.9. The van der Waals surface area contributed by atoms with E-state index in [2.05, 4.69) is 4.79 Å². The molecule has 7 heavy (non-hydrogen) atoms. The van der Waals surface area contributed by atoms with E-state index >= 15 is 0 Å². The van der Waals surface area contributed by atoms with Crippen LogP contribution in [0.2, 0.25) is 0 Å². The summed E-state index contributed by atoms with van der Waals surface area (Å²) in [6, 6.07) is 0. The van der Waals surface area contributed by atoms with E-state index in [-0.39, 0.29) is 0 Å². The lowest BCUT2D eigenvalue weighted by Crippen LogP contribution is -2.02. The zero-order valence-electron chi connectivity index (χ0n) is 3.11. The molecule has 0 aromatic heterocycles. The summed E-state index contributed by atoms with van der Waals surface area (Å²) in [5.74, 6) is 0. The minimum atomic E-state index is -1.57. The number of rotatable bonds is 0. The molecule has 0 N–H and O–H groups in total. The van der Waals surface area contributed by atoms with Crippen LogP contribution in [0.5, 0.6) is 0 Å². The molecule has 0 aromatic carbocycles. The van der Waals surface area contributed by atoms with Gasteiger partial charge < -0.3 is 5.53 Å². The van der Waals surface area contributed by atoms with Crippen LogP contribution in [-0.2, 0) is 0 Å². The molecule has 0 spiro atoms. The van der Waals surface area contributed by atoms with Gasteiger partial charge in [-0.3, -0.25) is 0 Å². The Kier molecular flexibility index (Phi) is 2.62. The summed E-state index contributed by atoms with van der Waals surface area (Å²) in [5.41, 5.74) is 7.72. The first-order valence-corrected chi connectivity index (χ1v) is 2.45. The molecule has 0 atom stereocenters. The Morgan fingerprint density at radius 1 is 1.43 bits per heavy atom. The number of alkyl halides is 3. The summed E-state index contributed by atoms with van der Waals surface area (Å²) in [5, 5.41) is 0. The molecule has 0 rings (SSSR count). The molecule has 2 nitrogen and oxygen atoms in total. The molecule has 0 heterocycles. The number of hydrogen-bond donors (Lipinski definition) is 0. The Bertz CT molecular complexity index is 98.0. The molecule has 0 radical (unpaired) electrons. The molecule has 40 valence electrons. The van der Waals surface area contributed by atoms with Gasteiger partial charge in [-0.25, -0.2) is 0 Å². The fourth-order valence-corrected chi connectivity index (χ4v) is 0.196. The first kappa shape index (κ1) is 7.25. The van der Waals surface area contributed by atoms with E-state index in [1.165, 1.54) is 0 Å². The molecule has 0 saturated carbocycles. The largest absolute Gasteiger partial charge is 0.362 e. The highest BCUT2D eigenvalue weighted by atomic mass is 35.6. The van der Waals surface area contributed by atoms with E-state index in [1.54, 1.807) is 0 Å². The minimum absolute atomic E-state index is 0.789. The van der Waals surface area contributed by atoms with Crippen molar-refractivity contribution in [1.29, 1.82) is 0 Å². The summed E-state index contributed by atoms with van der Waals surface area (Å²) < 4.78 is -1.57. The molecule has 0 bridgehead atoms. The molecule has 0 aromatic rings. The number of nitrogens with zero attached hydrogens (tertiary/aromatic N) is 2. The molecule has 0 amide bonds. The summed E-state index contributed by atoms with van der Waals surface area (Å²) in [7, 11) is 0. The second kappa shape index (κ2) is 2.53. The highest BCUT2D eigenvalue weighted by Crippen LogP contribution is 2.21. The molecule has 5 heteroatoms. The first-order valence-electron chi connectivity index (χ1n) is 1.31. The monoisotopic (exact) mass is 158 g/mol. The van der Waals surface area contributed by atoms with Crippen molar-refractivity contribution in [2.75, 3.05) is 0 Å². The van der Waals surface area contributed by atoms with Crippen molar-refractivity contribution < 1.29 is 4.79 Å². The predicted molar refractivity (Wildman–Crippen MR) is 30.0 cm³/mol. The zero-order chi connectivity index (χ0) is 5.91. The van der Waals surface area contributed by atoms with Crippen LogP contribution in [0.15, 0.2) is 0 Å². The van der Waals surface area contributed by atoms with E-state index in [9.17, 15) is 0 Å². The fourth-order valence-electron chi connectivity index (χ4n) is 0.0655. The highest BCUT2D eigenvalue weighted by Gasteiger charge is 2.21. The van der Waals surface area contributed by atoms with Crippen LogP contribution in [0.25, 0.3) is 5.53 Å². The van der Waals surface area contributed by atoms with Crippen molar-refractivity contribution in [3.05, 3.63) is 5.53 Å². The van der Waals surface area contributed by atoms with E-state index in [0.29, 0.717) is 0 Å². The van der Waals surface area contributed by atoms with Crippen molar-refractivity contribution in [3.8, 4) is 0 Å². The topological polar surface area (TPSA) is 36.4 Å². The second-order valence-electron chi connectivity index (χ2n) is 0.786. The molecular formula is C2HCl3N2. The number of hydrogen-bond acceptors (Lipinski definition) is 0. The Hall–Kier alpha value is 0.250.